The van der Waals surface area contributed by atoms with Crippen molar-refractivity contribution in [1.82, 2.24) is 4.90 Å². The summed E-state index contributed by atoms with van der Waals surface area (Å²) in [7, 11) is 0. The largest absolute Gasteiger partial charge is 0.335 e. The van der Waals surface area contributed by atoms with Gasteiger partial charge < -0.3 is 4.90 Å². The molecule has 0 heterocycles. The van der Waals surface area contributed by atoms with Gasteiger partial charge in [0.15, 0.2) is 0 Å². The Labute approximate surface area is 164 Å². The highest BCUT2D eigenvalue weighted by atomic mass is 35.5. The minimum atomic E-state index is 0.0781. The highest BCUT2D eigenvalue weighted by Crippen LogP contribution is 2.23. The monoisotopic (exact) mass is 386 g/mol. The number of halogens is 2. The first-order valence-electron chi connectivity index (χ1n) is 8.35. The molecule has 0 atom stereocenters. The Bertz CT molecular complexity index is 810. The van der Waals surface area contributed by atoms with Crippen molar-refractivity contribution >= 4 is 29.1 Å². The van der Waals surface area contributed by atoms with Gasteiger partial charge in [-0.3, -0.25) is 4.79 Å². The van der Waals surface area contributed by atoms with Gasteiger partial charge in [-0.25, -0.2) is 0 Å². The molecule has 0 fully saturated rings. The van der Waals surface area contributed by atoms with Crippen LogP contribution in [0.15, 0.2) is 55.1 Å². The van der Waals surface area contributed by atoms with Crippen LogP contribution in [0, 0.1) is 11.3 Å². The summed E-state index contributed by atoms with van der Waals surface area (Å²) in [5.74, 6) is 0.0781. The molecule has 2 aromatic rings. The van der Waals surface area contributed by atoms with Crippen LogP contribution in [0.1, 0.15) is 29.5 Å². The van der Waals surface area contributed by atoms with Crippen LogP contribution in [0.2, 0.25) is 10.0 Å². The van der Waals surface area contributed by atoms with E-state index in [-0.39, 0.29) is 5.91 Å². The fourth-order valence-electron chi connectivity index (χ4n) is 2.61. The molecular formula is C21H20Cl2N2O. The molecule has 0 spiro atoms. The first-order valence-corrected chi connectivity index (χ1v) is 9.10. The molecule has 0 unspecified atom stereocenters. The fraction of sp³-hybridized carbons (Fsp3) is 0.238. The van der Waals surface area contributed by atoms with Crippen molar-refractivity contribution in [2.24, 2.45) is 0 Å². The standard InChI is InChI=1S/C21H20Cl2N2O/c1-2-12-25(15-18-8-6-17(14-24)7-9-18)21(26)5-3-4-16-10-11-19(22)20(23)13-16/h2,6-11,13H,1,3-5,12,15H2. The van der Waals surface area contributed by atoms with Gasteiger partial charge in [0.25, 0.3) is 0 Å². The molecule has 26 heavy (non-hydrogen) atoms. The first-order chi connectivity index (χ1) is 12.5. The predicted molar refractivity (Wildman–Crippen MR) is 106 cm³/mol. The zero-order chi connectivity index (χ0) is 18.9. The number of hydrogen-bond donors (Lipinski definition) is 0. The van der Waals surface area contributed by atoms with E-state index in [2.05, 4.69) is 12.6 Å². The van der Waals surface area contributed by atoms with E-state index in [9.17, 15) is 4.79 Å². The second-order valence-electron chi connectivity index (χ2n) is 5.97. The molecule has 2 rings (SSSR count). The number of benzene rings is 2. The van der Waals surface area contributed by atoms with Gasteiger partial charge in [-0.2, -0.15) is 5.26 Å². The summed E-state index contributed by atoms with van der Waals surface area (Å²) >= 11 is 11.9. The summed E-state index contributed by atoms with van der Waals surface area (Å²) in [5, 5.41) is 9.93. The maximum Gasteiger partial charge on any atom is 0.223 e. The van der Waals surface area contributed by atoms with Crippen molar-refractivity contribution < 1.29 is 4.79 Å². The Morgan fingerprint density at radius 3 is 2.42 bits per heavy atom. The lowest BCUT2D eigenvalue weighted by Crippen LogP contribution is -2.30. The van der Waals surface area contributed by atoms with Crippen molar-refractivity contribution in [3.63, 3.8) is 0 Å². The quantitative estimate of drug-likeness (QED) is 0.569. The zero-order valence-electron chi connectivity index (χ0n) is 14.4. The maximum atomic E-state index is 12.6. The van der Waals surface area contributed by atoms with Gasteiger partial charge in [0, 0.05) is 19.5 Å². The Kier molecular flexibility index (Phi) is 7.72. The molecule has 3 nitrogen and oxygen atoms in total. The SMILES string of the molecule is C=CCN(Cc1ccc(C#N)cc1)C(=O)CCCc1ccc(Cl)c(Cl)c1. The minimum absolute atomic E-state index is 0.0781. The predicted octanol–water partition coefficient (Wildman–Crippen LogP) is 5.40. The summed E-state index contributed by atoms with van der Waals surface area (Å²) < 4.78 is 0. The van der Waals surface area contributed by atoms with E-state index in [1.165, 1.54) is 0 Å². The Balaban J connectivity index is 1.91. The van der Waals surface area contributed by atoms with E-state index >= 15 is 0 Å². The van der Waals surface area contributed by atoms with Gasteiger partial charge in [0.1, 0.15) is 0 Å². The van der Waals surface area contributed by atoms with E-state index in [0.717, 1.165) is 24.0 Å². The van der Waals surface area contributed by atoms with Crippen molar-refractivity contribution in [2.75, 3.05) is 6.54 Å². The number of aryl methyl sites for hydroxylation is 1. The molecule has 0 aromatic heterocycles. The highest BCUT2D eigenvalue weighted by Gasteiger charge is 2.13. The van der Waals surface area contributed by atoms with Crippen LogP contribution in [0.25, 0.3) is 0 Å². The third-order valence-corrected chi connectivity index (χ3v) is 4.74. The van der Waals surface area contributed by atoms with Gasteiger partial charge in [-0.1, -0.05) is 47.5 Å². The summed E-state index contributed by atoms with van der Waals surface area (Å²) in [6.45, 7) is 4.73. The molecule has 0 saturated heterocycles. The lowest BCUT2D eigenvalue weighted by molar-refractivity contribution is -0.131. The van der Waals surface area contributed by atoms with Crippen LogP contribution in [0.5, 0.6) is 0 Å². The first kappa shape index (κ1) is 20.0. The number of carbonyl (C=O) groups excluding carboxylic acids is 1. The molecule has 0 bridgehead atoms. The minimum Gasteiger partial charge on any atom is -0.335 e. The van der Waals surface area contributed by atoms with Crippen LogP contribution in [0.4, 0.5) is 0 Å². The van der Waals surface area contributed by atoms with Crippen LogP contribution in [-0.2, 0) is 17.8 Å². The van der Waals surface area contributed by atoms with E-state index in [1.54, 1.807) is 29.2 Å². The third-order valence-electron chi connectivity index (χ3n) is 4.00. The van der Waals surface area contributed by atoms with Gasteiger partial charge >= 0.3 is 0 Å². The molecule has 0 N–H and O–H groups in total. The molecular weight excluding hydrogens is 367 g/mol. The van der Waals surface area contributed by atoms with Crippen molar-refractivity contribution in [3.8, 4) is 6.07 Å². The second-order valence-corrected chi connectivity index (χ2v) is 6.79. The van der Waals surface area contributed by atoms with Crippen LogP contribution >= 0.6 is 23.2 Å². The molecule has 5 heteroatoms. The number of nitriles is 1. The highest BCUT2D eigenvalue weighted by molar-refractivity contribution is 6.42. The van der Waals surface area contributed by atoms with Gasteiger partial charge in [0.05, 0.1) is 21.7 Å². The number of nitrogens with zero attached hydrogens (tertiary/aromatic N) is 2. The normalized spacial score (nSPS) is 10.2. The third kappa shape index (κ3) is 5.91. The van der Waals surface area contributed by atoms with Crippen LogP contribution in [-0.4, -0.2) is 17.4 Å². The maximum absolute atomic E-state index is 12.6. The van der Waals surface area contributed by atoms with E-state index in [0.29, 0.717) is 35.1 Å². The molecule has 0 saturated carbocycles. The smallest absolute Gasteiger partial charge is 0.223 e. The Hall–Kier alpha value is -2.28. The lowest BCUT2D eigenvalue weighted by Gasteiger charge is -2.21. The van der Waals surface area contributed by atoms with Crippen LogP contribution < -0.4 is 0 Å². The molecule has 134 valence electrons. The average molecular weight is 387 g/mol. The summed E-state index contributed by atoms with van der Waals surface area (Å²) in [4.78, 5) is 14.3. The molecule has 0 aliphatic carbocycles. The van der Waals surface area contributed by atoms with Crippen molar-refractivity contribution in [1.29, 1.82) is 5.26 Å². The fourth-order valence-corrected chi connectivity index (χ4v) is 2.93. The Morgan fingerprint density at radius 2 is 1.81 bits per heavy atom. The number of hydrogen-bond acceptors (Lipinski definition) is 2. The molecule has 2 aromatic carbocycles. The van der Waals surface area contributed by atoms with Gasteiger partial charge in [-0.15, -0.1) is 6.58 Å². The summed E-state index contributed by atoms with van der Waals surface area (Å²) in [6.07, 6.45) is 3.67. The van der Waals surface area contributed by atoms with E-state index in [1.807, 2.05) is 24.3 Å². The molecule has 1 amide bonds. The van der Waals surface area contributed by atoms with Gasteiger partial charge in [0.2, 0.25) is 5.91 Å². The number of amides is 1. The zero-order valence-corrected chi connectivity index (χ0v) is 15.9. The van der Waals surface area contributed by atoms with Crippen molar-refractivity contribution in [2.45, 2.75) is 25.8 Å². The number of rotatable bonds is 8. The molecule has 0 radical (unpaired) electrons. The molecule has 0 aliphatic rings. The van der Waals surface area contributed by atoms with Crippen LogP contribution in [0.3, 0.4) is 0 Å². The lowest BCUT2D eigenvalue weighted by atomic mass is 10.1. The number of carbonyl (C=O) groups is 1. The summed E-state index contributed by atoms with van der Waals surface area (Å²) in [6, 6.07) is 14.9. The topological polar surface area (TPSA) is 44.1 Å². The molecule has 0 aliphatic heterocycles. The Morgan fingerprint density at radius 1 is 1.12 bits per heavy atom. The van der Waals surface area contributed by atoms with E-state index in [4.69, 9.17) is 28.5 Å². The van der Waals surface area contributed by atoms with Crippen molar-refractivity contribution in [3.05, 3.63) is 81.9 Å². The van der Waals surface area contributed by atoms with Gasteiger partial charge in [-0.05, 0) is 48.2 Å². The second kappa shape index (κ2) is 10.0. The van der Waals surface area contributed by atoms with E-state index < -0.39 is 0 Å². The summed E-state index contributed by atoms with van der Waals surface area (Å²) in [5.41, 5.74) is 2.66. The average Bonchev–Trinajstić information content (AvgIpc) is 2.64.